The van der Waals surface area contributed by atoms with Gasteiger partial charge in [-0.3, -0.25) is 14.5 Å². The standard InChI is InChI=1S/C23H26N4O2/c1-29-19-6-4-5-17(15-19)16-22(28)25-13-14-27-21-8-3-2-7-20(21)23(26-27)18-9-11-24-12-10-18/h4-6,9-12,15H,2-3,7-8,13-14,16H2,1H3,(H,25,28). The van der Waals surface area contributed by atoms with Gasteiger partial charge in [0.1, 0.15) is 5.75 Å². The van der Waals surface area contributed by atoms with Crippen molar-refractivity contribution in [3.63, 3.8) is 0 Å². The van der Waals surface area contributed by atoms with E-state index in [1.165, 1.54) is 24.1 Å². The highest BCUT2D eigenvalue weighted by Gasteiger charge is 2.21. The molecule has 0 atom stereocenters. The molecule has 1 amide bonds. The van der Waals surface area contributed by atoms with E-state index < -0.39 is 0 Å². The largest absolute Gasteiger partial charge is 0.497 e. The minimum absolute atomic E-state index is 0.00799. The van der Waals surface area contributed by atoms with Crippen LogP contribution in [-0.2, 0) is 30.6 Å². The fourth-order valence-corrected chi connectivity index (χ4v) is 3.93. The van der Waals surface area contributed by atoms with Crippen LogP contribution in [0.5, 0.6) is 5.75 Å². The number of hydrogen-bond donors (Lipinski definition) is 1. The van der Waals surface area contributed by atoms with Gasteiger partial charge in [0.05, 0.1) is 25.8 Å². The number of carbonyl (C=O) groups is 1. The molecule has 0 saturated heterocycles. The van der Waals surface area contributed by atoms with Gasteiger partial charge in [-0.1, -0.05) is 12.1 Å². The first-order valence-electron chi connectivity index (χ1n) is 10.1. The zero-order valence-corrected chi connectivity index (χ0v) is 16.7. The number of rotatable bonds is 7. The number of methoxy groups -OCH3 is 1. The maximum atomic E-state index is 12.3. The van der Waals surface area contributed by atoms with E-state index >= 15 is 0 Å². The molecule has 6 heteroatoms. The van der Waals surface area contributed by atoms with Gasteiger partial charge in [0.15, 0.2) is 0 Å². The predicted octanol–water partition coefficient (Wildman–Crippen LogP) is 3.19. The van der Waals surface area contributed by atoms with Crippen LogP contribution in [0.4, 0.5) is 0 Å². The maximum absolute atomic E-state index is 12.3. The SMILES string of the molecule is COc1cccc(CC(=O)NCCn2nc(-c3ccncc3)c3c2CCCC3)c1. The van der Waals surface area contributed by atoms with Gasteiger partial charge in [-0.15, -0.1) is 0 Å². The predicted molar refractivity (Wildman–Crippen MR) is 112 cm³/mol. The maximum Gasteiger partial charge on any atom is 0.224 e. The van der Waals surface area contributed by atoms with Crippen molar-refractivity contribution in [1.82, 2.24) is 20.1 Å². The lowest BCUT2D eigenvalue weighted by Gasteiger charge is -2.14. The summed E-state index contributed by atoms with van der Waals surface area (Å²) in [4.78, 5) is 16.4. The molecule has 0 unspecified atom stereocenters. The van der Waals surface area contributed by atoms with E-state index in [1.807, 2.05) is 48.8 Å². The van der Waals surface area contributed by atoms with Gasteiger partial charge in [0.25, 0.3) is 0 Å². The number of aromatic nitrogens is 3. The van der Waals surface area contributed by atoms with Crippen molar-refractivity contribution in [3.05, 3.63) is 65.6 Å². The second-order valence-corrected chi connectivity index (χ2v) is 7.32. The van der Waals surface area contributed by atoms with Crippen LogP contribution in [0.3, 0.4) is 0 Å². The van der Waals surface area contributed by atoms with Gasteiger partial charge in [0.2, 0.25) is 5.91 Å². The van der Waals surface area contributed by atoms with E-state index in [9.17, 15) is 4.79 Å². The lowest BCUT2D eigenvalue weighted by atomic mass is 9.94. The lowest BCUT2D eigenvalue weighted by Crippen LogP contribution is -2.29. The molecule has 0 spiro atoms. The normalized spacial score (nSPS) is 13.0. The molecular formula is C23H26N4O2. The average molecular weight is 390 g/mol. The van der Waals surface area contributed by atoms with Crippen LogP contribution in [0, 0.1) is 0 Å². The second kappa shape index (κ2) is 8.90. The first-order valence-corrected chi connectivity index (χ1v) is 10.1. The third-order valence-corrected chi connectivity index (χ3v) is 5.36. The molecule has 0 radical (unpaired) electrons. The molecule has 150 valence electrons. The van der Waals surface area contributed by atoms with Crippen LogP contribution < -0.4 is 10.1 Å². The smallest absolute Gasteiger partial charge is 0.224 e. The molecule has 1 aliphatic carbocycles. The van der Waals surface area contributed by atoms with Crippen LogP contribution in [0.25, 0.3) is 11.3 Å². The van der Waals surface area contributed by atoms with E-state index in [1.54, 1.807) is 7.11 Å². The molecule has 2 aromatic heterocycles. The van der Waals surface area contributed by atoms with Crippen molar-refractivity contribution in [3.8, 4) is 17.0 Å². The molecule has 4 rings (SSSR count). The van der Waals surface area contributed by atoms with Crippen LogP contribution in [-0.4, -0.2) is 34.3 Å². The van der Waals surface area contributed by atoms with Crippen molar-refractivity contribution in [2.45, 2.75) is 38.6 Å². The Kier molecular flexibility index (Phi) is 5.89. The Balaban J connectivity index is 1.41. The van der Waals surface area contributed by atoms with Crippen LogP contribution in [0.15, 0.2) is 48.8 Å². The number of ether oxygens (including phenoxy) is 1. The summed E-state index contributed by atoms with van der Waals surface area (Å²) in [7, 11) is 1.63. The summed E-state index contributed by atoms with van der Waals surface area (Å²) in [5.41, 5.74) is 5.78. The highest BCUT2D eigenvalue weighted by molar-refractivity contribution is 5.78. The number of nitrogens with one attached hydrogen (secondary N) is 1. The van der Waals surface area contributed by atoms with E-state index in [0.29, 0.717) is 19.5 Å². The van der Waals surface area contributed by atoms with Crippen molar-refractivity contribution in [1.29, 1.82) is 0 Å². The molecule has 6 nitrogen and oxygen atoms in total. The summed E-state index contributed by atoms with van der Waals surface area (Å²) in [6.45, 7) is 1.24. The summed E-state index contributed by atoms with van der Waals surface area (Å²) < 4.78 is 7.30. The molecule has 1 aromatic carbocycles. The number of nitrogens with zero attached hydrogens (tertiary/aromatic N) is 3. The average Bonchev–Trinajstić information content (AvgIpc) is 3.13. The number of benzene rings is 1. The fraction of sp³-hybridized carbons (Fsp3) is 0.348. The van der Waals surface area contributed by atoms with Crippen molar-refractivity contribution < 1.29 is 9.53 Å². The molecule has 1 aliphatic rings. The third-order valence-electron chi connectivity index (χ3n) is 5.36. The Bertz CT molecular complexity index is 982. The first kappa shape index (κ1) is 19.2. The number of amides is 1. The van der Waals surface area contributed by atoms with E-state index in [0.717, 1.165) is 35.4 Å². The van der Waals surface area contributed by atoms with Crippen LogP contribution >= 0.6 is 0 Å². The third kappa shape index (κ3) is 4.47. The number of pyridine rings is 1. The summed E-state index contributed by atoms with van der Waals surface area (Å²) in [5.74, 6) is 0.774. The Morgan fingerprint density at radius 3 is 2.83 bits per heavy atom. The molecular weight excluding hydrogens is 364 g/mol. The Labute approximate surface area is 170 Å². The lowest BCUT2D eigenvalue weighted by molar-refractivity contribution is -0.120. The molecule has 0 aliphatic heterocycles. The van der Waals surface area contributed by atoms with Gasteiger partial charge in [-0.25, -0.2) is 0 Å². The zero-order valence-electron chi connectivity index (χ0n) is 16.7. The highest BCUT2D eigenvalue weighted by Crippen LogP contribution is 2.30. The topological polar surface area (TPSA) is 69.0 Å². The van der Waals surface area contributed by atoms with Crippen molar-refractivity contribution >= 4 is 5.91 Å². The monoisotopic (exact) mass is 390 g/mol. The number of fused-ring (bicyclic) bond motifs is 1. The quantitative estimate of drug-likeness (QED) is 0.673. The molecule has 1 N–H and O–H groups in total. The minimum Gasteiger partial charge on any atom is -0.497 e. The molecule has 29 heavy (non-hydrogen) atoms. The highest BCUT2D eigenvalue weighted by atomic mass is 16.5. The van der Waals surface area contributed by atoms with Crippen molar-refractivity contribution in [2.75, 3.05) is 13.7 Å². The first-order chi connectivity index (χ1) is 14.2. The Morgan fingerprint density at radius 1 is 1.17 bits per heavy atom. The summed E-state index contributed by atoms with van der Waals surface area (Å²) in [6, 6.07) is 11.6. The van der Waals surface area contributed by atoms with Crippen LogP contribution in [0.2, 0.25) is 0 Å². The summed E-state index contributed by atoms with van der Waals surface area (Å²) in [6.07, 6.45) is 8.46. The van der Waals surface area contributed by atoms with Gasteiger partial charge < -0.3 is 10.1 Å². The van der Waals surface area contributed by atoms with Gasteiger partial charge in [-0.05, 0) is 55.5 Å². The Morgan fingerprint density at radius 2 is 2.00 bits per heavy atom. The van der Waals surface area contributed by atoms with Crippen LogP contribution in [0.1, 0.15) is 29.7 Å². The number of carbonyl (C=O) groups excluding carboxylic acids is 1. The summed E-state index contributed by atoms with van der Waals surface area (Å²) >= 11 is 0. The van der Waals surface area contributed by atoms with Gasteiger partial charge >= 0.3 is 0 Å². The summed E-state index contributed by atoms with van der Waals surface area (Å²) in [5, 5.41) is 7.91. The molecule has 0 fully saturated rings. The van der Waals surface area contributed by atoms with E-state index in [2.05, 4.69) is 15.0 Å². The molecule has 3 aromatic rings. The molecule has 2 heterocycles. The van der Waals surface area contributed by atoms with Crippen molar-refractivity contribution in [2.24, 2.45) is 0 Å². The van der Waals surface area contributed by atoms with Gasteiger partial charge in [-0.2, -0.15) is 5.10 Å². The fourth-order valence-electron chi connectivity index (χ4n) is 3.93. The van der Waals surface area contributed by atoms with E-state index in [-0.39, 0.29) is 5.91 Å². The molecule has 0 bridgehead atoms. The number of hydrogen-bond acceptors (Lipinski definition) is 4. The molecule has 0 saturated carbocycles. The van der Waals surface area contributed by atoms with Gasteiger partial charge in [0, 0.05) is 35.8 Å². The second-order valence-electron chi connectivity index (χ2n) is 7.32. The minimum atomic E-state index is 0.00799. The zero-order chi connectivity index (χ0) is 20.1. The van der Waals surface area contributed by atoms with E-state index in [4.69, 9.17) is 9.84 Å². The Hall–Kier alpha value is -3.15.